The number of nitro benzene ring substituents is 3. The SMILES string of the molecule is O=[N+]([O-])c1cc([N+](=O)[O-])c(O)c([N+](=O)[O-])c1.c1ccc2ncncc2c1. The monoisotopic (exact) mass is 359 g/mol. The average Bonchev–Trinajstić information content (AvgIpc) is 2.61. The zero-order chi connectivity index (χ0) is 19.3. The van der Waals surface area contributed by atoms with Gasteiger partial charge in [0.1, 0.15) is 6.33 Å². The van der Waals surface area contributed by atoms with Crippen molar-refractivity contribution in [3.05, 3.63) is 79.3 Å². The van der Waals surface area contributed by atoms with Crippen LogP contribution >= 0.6 is 0 Å². The fourth-order valence-corrected chi connectivity index (χ4v) is 1.90. The van der Waals surface area contributed by atoms with E-state index in [1.54, 1.807) is 6.33 Å². The minimum Gasteiger partial charge on any atom is -0.497 e. The molecule has 3 rings (SSSR count). The van der Waals surface area contributed by atoms with Crippen molar-refractivity contribution in [2.45, 2.75) is 0 Å². The Balaban J connectivity index is 0.000000206. The lowest BCUT2D eigenvalue weighted by molar-refractivity contribution is -0.404. The highest BCUT2D eigenvalue weighted by Crippen LogP contribution is 2.38. The van der Waals surface area contributed by atoms with Crippen LogP contribution in [0.1, 0.15) is 0 Å². The standard InChI is InChI=1S/C8H6N2.C6H3N3O7/c1-2-4-8-7(3-1)5-9-6-10-8;10-6-4(8(13)14)1-3(7(11)12)2-5(6)9(15)16/h1-6H;1-2,10H. The summed E-state index contributed by atoms with van der Waals surface area (Å²) in [5.41, 5.74) is -2.00. The molecule has 0 aliphatic heterocycles. The summed E-state index contributed by atoms with van der Waals surface area (Å²) in [6.07, 6.45) is 3.37. The summed E-state index contributed by atoms with van der Waals surface area (Å²) in [7, 11) is 0. The van der Waals surface area contributed by atoms with Gasteiger partial charge in [0, 0.05) is 11.6 Å². The molecule has 1 aromatic heterocycles. The molecule has 1 N–H and O–H groups in total. The largest absolute Gasteiger partial charge is 0.497 e. The Morgan fingerprint density at radius 2 is 1.46 bits per heavy atom. The summed E-state index contributed by atoms with van der Waals surface area (Å²) in [5.74, 6) is -1.21. The van der Waals surface area contributed by atoms with Gasteiger partial charge in [-0.2, -0.15) is 0 Å². The van der Waals surface area contributed by atoms with Crippen LogP contribution in [-0.4, -0.2) is 29.8 Å². The molecule has 0 radical (unpaired) electrons. The van der Waals surface area contributed by atoms with E-state index in [1.165, 1.54) is 0 Å². The van der Waals surface area contributed by atoms with Gasteiger partial charge in [-0.1, -0.05) is 18.2 Å². The summed E-state index contributed by atoms with van der Waals surface area (Å²) in [6, 6.07) is 8.80. The summed E-state index contributed by atoms with van der Waals surface area (Å²) in [5, 5.41) is 41.3. The molecule has 0 fully saturated rings. The second kappa shape index (κ2) is 7.57. The maximum Gasteiger partial charge on any atom is 0.324 e. The lowest BCUT2D eigenvalue weighted by atomic mass is 10.2. The van der Waals surface area contributed by atoms with Gasteiger partial charge in [-0.3, -0.25) is 30.3 Å². The van der Waals surface area contributed by atoms with E-state index in [4.69, 9.17) is 5.11 Å². The lowest BCUT2D eigenvalue weighted by Gasteiger charge is -1.97. The number of aromatic hydroxyl groups is 1. The third-order valence-electron chi connectivity index (χ3n) is 3.07. The number of phenolic OH excluding ortho intramolecular Hbond substituents is 1. The molecule has 132 valence electrons. The molecule has 0 amide bonds. The van der Waals surface area contributed by atoms with Gasteiger partial charge in [-0.25, -0.2) is 9.97 Å². The van der Waals surface area contributed by atoms with Gasteiger partial charge in [-0.05, 0) is 6.07 Å². The van der Waals surface area contributed by atoms with Gasteiger partial charge in [0.2, 0.25) is 0 Å². The van der Waals surface area contributed by atoms with E-state index in [-0.39, 0.29) is 0 Å². The van der Waals surface area contributed by atoms with Gasteiger partial charge in [0.25, 0.3) is 11.4 Å². The predicted molar refractivity (Wildman–Crippen MR) is 87.6 cm³/mol. The zero-order valence-electron chi connectivity index (χ0n) is 12.8. The molecule has 0 aliphatic rings. The Labute approximate surface area is 143 Å². The average molecular weight is 359 g/mol. The Morgan fingerprint density at radius 3 is 1.96 bits per heavy atom. The number of hydrogen-bond donors (Lipinski definition) is 1. The Kier molecular flexibility index (Phi) is 5.27. The fraction of sp³-hybridized carbons (Fsp3) is 0. The van der Waals surface area contributed by atoms with Gasteiger partial charge in [-0.15, -0.1) is 0 Å². The number of non-ortho nitro benzene ring substituents is 1. The van der Waals surface area contributed by atoms with E-state index in [0.29, 0.717) is 12.1 Å². The number of nitro groups is 3. The van der Waals surface area contributed by atoms with Crippen LogP contribution in [0.4, 0.5) is 17.1 Å². The first-order chi connectivity index (χ1) is 12.3. The molecule has 0 bridgehead atoms. The van der Waals surface area contributed by atoms with Crippen LogP contribution < -0.4 is 0 Å². The number of phenols is 1. The molecular weight excluding hydrogens is 350 g/mol. The Morgan fingerprint density at radius 1 is 0.885 bits per heavy atom. The molecule has 1 heterocycles. The molecule has 0 unspecified atom stereocenters. The predicted octanol–water partition coefficient (Wildman–Crippen LogP) is 2.75. The molecular formula is C14H9N5O7. The minimum absolute atomic E-state index is 0.447. The normalized spacial score (nSPS) is 9.85. The van der Waals surface area contributed by atoms with Crippen LogP contribution in [-0.2, 0) is 0 Å². The summed E-state index contributed by atoms with van der Waals surface area (Å²) >= 11 is 0. The van der Waals surface area contributed by atoms with Crippen LogP contribution in [0.2, 0.25) is 0 Å². The van der Waals surface area contributed by atoms with E-state index in [9.17, 15) is 30.3 Å². The first kappa shape index (κ1) is 18.1. The first-order valence-electron chi connectivity index (χ1n) is 6.76. The summed E-state index contributed by atoms with van der Waals surface area (Å²) < 4.78 is 0. The Bertz CT molecular complexity index is 907. The second-order valence-electron chi connectivity index (χ2n) is 4.69. The fourth-order valence-electron chi connectivity index (χ4n) is 1.90. The number of para-hydroxylation sites is 1. The number of benzene rings is 2. The van der Waals surface area contributed by atoms with E-state index >= 15 is 0 Å². The molecule has 26 heavy (non-hydrogen) atoms. The van der Waals surface area contributed by atoms with Gasteiger partial charge >= 0.3 is 11.4 Å². The number of hydrogen-bond acceptors (Lipinski definition) is 9. The van der Waals surface area contributed by atoms with Crippen molar-refractivity contribution in [2.24, 2.45) is 0 Å². The number of aromatic nitrogens is 2. The maximum absolute atomic E-state index is 10.4. The topological polar surface area (TPSA) is 175 Å². The van der Waals surface area contributed by atoms with Crippen LogP contribution in [0.25, 0.3) is 10.9 Å². The second-order valence-corrected chi connectivity index (χ2v) is 4.69. The van der Waals surface area contributed by atoms with E-state index in [0.717, 1.165) is 10.9 Å². The molecule has 0 spiro atoms. The van der Waals surface area contributed by atoms with Crippen molar-refractivity contribution in [3.8, 4) is 5.75 Å². The summed E-state index contributed by atoms with van der Waals surface area (Å²) in [6.45, 7) is 0. The van der Waals surface area contributed by atoms with Crippen molar-refractivity contribution in [3.63, 3.8) is 0 Å². The third kappa shape index (κ3) is 4.00. The van der Waals surface area contributed by atoms with Gasteiger partial charge in [0.05, 0.1) is 32.4 Å². The molecule has 0 saturated heterocycles. The van der Waals surface area contributed by atoms with Crippen molar-refractivity contribution < 1.29 is 19.9 Å². The van der Waals surface area contributed by atoms with Crippen LogP contribution in [0, 0.1) is 30.3 Å². The van der Waals surface area contributed by atoms with Crippen molar-refractivity contribution in [1.29, 1.82) is 0 Å². The highest BCUT2D eigenvalue weighted by Gasteiger charge is 2.30. The molecule has 12 nitrogen and oxygen atoms in total. The number of fused-ring (bicyclic) bond motifs is 1. The van der Waals surface area contributed by atoms with Gasteiger partial charge in [0.15, 0.2) is 0 Å². The van der Waals surface area contributed by atoms with E-state index in [2.05, 4.69) is 9.97 Å². The van der Waals surface area contributed by atoms with Crippen molar-refractivity contribution in [1.82, 2.24) is 9.97 Å². The van der Waals surface area contributed by atoms with Crippen LogP contribution in [0.15, 0.2) is 48.9 Å². The van der Waals surface area contributed by atoms with Crippen molar-refractivity contribution in [2.75, 3.05) is 0 Å². The quantitative estimate of drug-likeness (QED) is 0.544. The molecule has 12 heteroatoms. The minimum atomic E-state index is -1.21. The van der Waals surface area contributed by atoms with Crippen LogP contribution in [0.3, 0.4) is 0 Å². The number of rotatable bonds is 3. The van der Waals surface area contributed by atoms with Gasteiger partial charge < -0.3 is 5.11 Å². The molecule has 0 saturated carbocycles. The highest BCUT2D eigenvalue weighted by molar-refractivity contribution is 5.76. The lowest BCUT2D eigenvalue weighted by Crippen LogP contribution is -1.97. The first-order valence-corrected chi connectivity index (χ1v) is 6.76. The molecule has 2 aromatic carbocycles. The van der Waals surface area contributed by atoms with E-state index in [1.807, 2.05) is 30.5 Å². The Hall–Kier alpha value is -4.22. The molecule has 3 aromatic rings. The smallest absolute Gasteiger partial charge is 0.324 e. The maximum atomic E-state index is 10.4. The van der Waals surface area contributed by atoms with E-state index < -0.39 is 37.6 Å². The van der Waals surface area contributed by atoms with Crippen molar-refractivity contribution >= 4 is 28.0 Å². The zero-order valence-corrected chi connectivity index (χ0v) is 12.8. The third-order valence-corrected chi connectivity index (χ3v) is 3.07. The summed E-state index contributed by atoms with van der Waals surface area (Å²) in [4.78, 5) is 35.7. The molecule has 0 atom stereocenters. The number of nitrogens with zero attached hydrogens (tertiary/aromatic N) is 5. The van der Waals surface area contributed by atoms with Crippen LogP contribution in [0.5, 0.6) is 5.75 Å². The molecule has 0 aliphatic carbocycles. The highest BCUT2D eigenvalue weighted by atomic mass is 16.6.